The molecule has 3 heterocycles. The maximum Gasteiger partial charge on any atom is 0.269 e. The number of hydrogen-bond donors (Lipinski definition) is 1. The first-order valence-corrected chi connectivity index (χ1v) is 12.4. The van der Waals surface area contributed by atoms with Crippen LogP contribution in [0.15, 0.2) is 83.3 Å². The van der Waals surface area contributed by atoms with E-state index in [9.17, 15) is 24.5 Å². The molecular weight excluding hydrogens is 540 g/mol. The van der Waals surface area contributed by atoms with Crippen LogP contribution in [0, 0.1) is 22.0 Å². The zero-order chi connectivity index (χ0) is 25.8. The number of anilines is 3. The number of nitrogens with one attached hydrogen (secondary N) is 1. The predicted octanol–water partition coefficient (Wildman–Crippen LogP) is 4.39. The van der Waals surface area contributed by atoms with Gasteiger partial charge in [-0.15, -0.1) is 0 Å². The highest BCUT2D eigenvalue weighted by atomic mass is 79.9. The average Bonchev–Trinajstić information content (AvgIpc) is 3.38. The monoisotopic (exact) mass is 558 g/mol. The second kappa shape index (κ2) is 8.67. The molecule has 0 spiro atoms. The van der Waals surface area contributed by atoms with Crippen molar-refractivity contribution in [2.75, 3.05) is 15.1 Å². The van der Waals surface area contributed by atoms with E-state index in [-0.39, 0.29) is 11.6 Å². The number of amides is 3. The summed E-state index contributed by atoms with van der Waals surface area (Å²) in [5.41, 5.74) is 2.36. The van der Waals surface area contributed by atoms with Crippen LogP contribution in [0.2, 0.25) is 0 Å². The average molecular weight is 559 g/mol. The van der Waals surface area contributed by atoms with Gasteiger partial charge >= 0.3 is 0 Å². The van der Waals surface area contributed by atoms with E-state index in [1.807, 2.05) is 41.3 Å². The quantitative estimate of drug-likeness (QED) is 0.288. The lowest BCUT2D eigenvalue weighted by Gasteiger charge is -2.36. The summed E-state index contributed by atoms with van der Waals surface area (Å²) in [6, 6.07) is 18.5. The molecule has 4 atom stereocenters. The molecule has 3 aliphatic heterocycles. The molecule has 37 heavy (non-hydrogen) atoms. The lowest BCUT2D eigenvalue weighted by Crippen LogP contribution is -2.50. The van der Waals surface area contributed by atoms with Crippen LogP contribution in [0.5, 0.6) is 0 Å². The first-order chi connectivity index (χ1) is 17.8. The number of nitro groups is 1. The predicted molar refractivity (Wildman–Crippen MR) is 141 cm³/mol. The van der Waals surface area contributed by atoms with Gasteiger partial charge < -0.3 is 10.2 Å². The minimum atomic E-state index is -0.965. The van der Waals surface area contributed by atoms with Gasteiger partial charge in [-0.3, -0.25) is 24.5 Å². The second-order valence-electron chi connectivity index (χ2n) is 9.09. The number of nitrogens with zero attached hydrogens (tertiary/aromatic N) is 3. The molecule has 0 aromatic heterocycles. The fourth-order valence-electron chi connectivity index (χ4n) is 5.54. The van der Waals surface area contributed by atoms with Crippen molar-refractivity contribution in [3.8, 4) is 0 Å². The number of halogens is 1. The van der Waals surface area contributed by atoms with Crippen molar-refractivity contribution >= 4 is 62.5 Å². The second-order valence-corrected chi connectivity index (χ2v) is 10.0. The number of benzene rings is 3. The third-order valence-corrected chi connectivity index (χ3v) is 7.64. The van der Waals surface area contributed by atoms with E-state index in [0.717, 1.165) is 15.7 Å². The molecular formula is C27H19BrN4O5. The summed E-state index contributed by atoms with van der Waals surface area (Å²) in [7, 11) is 0. The summed E-state index contributed by atoms with van der Waals surface area (Å²) in [6.07, 6.45) is 3.81. The highest BCUT2D eigenvalue weighted by Gasteiger charge is 2.64. The van der Waals surface area contributed by atoms with Crippen LogP contribution in [-0.4, -0.2) is 34.7 Å². The Morgan fingerprint density at radius 1 is 0.919 bits per heavy atom. The minimum absolute atomic E-state index is 0.101. The van der Waals surface area contributed by atoms with Gasteiger partial charge in [0.2, 0.25) is 17.7 Å². The maximum atomic E-state index is 13.8. The van der Waals surface area contributed by atoms with Crippen molar-refractivity contribution in [3.05, 3.63) is 99.0 Å². The van der Waals surface area contributed by atoms with Crippen molar-refractivity contribution < 1.29 is 19.3 Å². The minimum Gasteiger partial charge on any atom is -0.351 e. The summed E-state index contributed by atoms with van der Waals surface area (Å²) >= 11 is 3.37. The molecule has 2 saturated heterocycles. The van der Waals surface area contributed by atoms with Gasteiger partial charge in [0.05, 0.1) is 28.5 Å². The maximum absolute atomic E-state index is 13.8. The number of fused-ring (bicyclic) bond motifs is 5. The molecule has 9 nitrogen and oxygen atoms in total. The van der Waals surface area contributed by atoms with Gasteiger partial charge in [0.1, 0.15) is 6.04 Å². The summed E-state index contributed by atoms with van der Waals surface area (Å²) < 4.78 is 0.814. The van der Waals surface area contributed by atoms with Crippen LogP contribution in [0.25, 0.3) is 6.08 Å². The Morgan fingerprint density at radius 2 is 1.59 bits per heavy atom. The van der Waals surface area contributed by atoms with E-state index >= 15 is 0 Å². The molecule has 0 unspecified atom stereocenters. The fourth-order valence-corrected chi connectivity index (χ4v) is 5.81. The summed E-state index contributed by atoms with van der Waals surface area (Å²) in [5.74, 6) is -2.89. The molecule has 10 heteroatoms. The van der Waals surface area contributed by atoms with Crippen LogP contribution in [0.1, 0.15) is 5.56 Å². The Hall–Kier alpha value is -4.31. The van der Waals surface area contributed by atoms with E-state index in [2.05, 4.69) is 21.2 Å². The van der Waals surface area contributed by atoms with Crippen molar-refractivity contribution in [2.24, 2.45) is 11.8 Å². The number of carbonyl (C=O) groups is 3. The standard InChI is InChI=1S/C27H19BrN4O5/c28-16-6-10-18(11-7-16)30-26(34)22-21-14-5-15-3-1-2-4-20(15)31(21)24(23(22)27(30)35)25(33)29-17-8-12-19(13-9-17)32(36)37/h1-14,21-24H,(H,29,33)/t21-,22-,23+,24-/m0/s1. The lowest BCUT2D eigenvalue weighted by molar-refractivity contribution is -0.384. The summed E-state index contributed by atoms with van der Waals surface area (Å²) in [6.45, 7) is 0. The molecule has 184 valence electrons. The number of hydrogen-bond acceptors (Lipinski definition) is 6. The SMILES string of the molecule is O=C(Nc1ccc([N+](=O)[O-])cc1)[C@@H]1[C@@H]2C(=O)N(c3ccc(Br)cc3)C(=O)[C@H]2[C@@H]2C=Cc3ccccc3N12. The van der Waals surface area contributed by atoms with Crippen molar-refractivity contribution in [1.82, 2.24) is 0 Å². The molecule has 3 aromatic rings. The van der Waals surface area contributed by atoms with Crippen LogP contribution in [0.4, 0.5) is 22.7 Å². The molecule has 0 aliphatic carbocycles. The Kier molecular flexibility index (Phi) is 5.41. The Labute approximate surface area is 219 Å². The van der Waals surface area contributed by atoms with Crippen LogP contribution in [0.3, 0.4) is 0 Å². The smallest absolute Gasteiger partial charge is 0.269 e. The highest BCUT2D eigenvalue weighted by molar-refractivity contribution is 9.10. The van der Waals surface area contributed by atoms with Gasteiger partial charge in [0, 0.05) is 28.0 Å². The Bertz CT molecular complexity index is 1490. The first-order valence-electron chi connectivity index (χ1n) is 11.6. The normalized spacial score (nSPS) is 23.5. The van der Waals surface area contributed by atoms with Crippen LogP contribution < -0.4 is 15.1 Å². The topological polar surface area (TPSA) is 113 Å². The molecule has 0 bridgehead atoms. The lowest BCUT2D eigenvalue weighted by atomic mass is 9.88. The number of para-hydroxylation sites is 1. The third kappa shape index (κ3) is 3.63. The zero-order valence-electron chi connectivity index (χ0n) is 19.2. The largest absolute Gasteiger partial charge is 0.351 e. The molecule has 1 N–H and O–H groups in total. The van der Waals surface area contributed by atoms with Gasteiger partial charge in [-0.2, -0.15) is 0 Å². The summed E-state index contributed by atoms with van der Waals surface area (Å²) in [4.78, 5) is 54.8. The highest BCUT2D eigenvalue weighted by Crippen LogP contribution is 2.49. The number of non-ortho nitro benzene ring substituents is 1. The van der Waals surface area contributed by atoms with Gasteiger partial charge in [0.25, 0.3) is 5.69 Å². The van der Waals surface area contributed by atoms with E-state index < -0.39 is 40.7 Å². The molecule has 3 aliphatic rings. The van der Waals surface area contributed by atoms with Gasteiger partial charge in [-0.25, -0.2) is 4.90 Å². The molecule has 2 fully saturated rings. The van der Waals surface area contributed by atoms with Gasteiger partial charge in [-0.1, -0.05) is 46.3 Å². The van der Waals surface area contributed by atoms with Crippen molar-refractivity contribution in [1.29, 1.82) is 0 Å². The van der Waals surface area contributed by atoms with E-state index in [4.69, 9.17) is 0 Å². The van der Waals surface area contributed by atoms with Crippen molar-refractivity contribution in [2.45, 2.75) is 12.1 Å². The van der Waals surface area contributed by atoms with E-state index in [1.165, 1.54) is 29.2 Å². The Morgan fingerprint density at radius 3 is 2.30 bits per heavy atom. The number of imide groups is 1. The van der Waals surface area contributed by atoms with Crippen LogP contribution in [-0.2, 0) is 14.4 Å². The van der Waals surface area contributed by atoms with E-state index in [0.29, 0.717) is 11.4 Å². The number of carbonyl (C=O) groups excluding carboxylic acids is 3. The number of nitro benzene ring substituents is 1. The molecule has 3 aromatic carbocycles. The first kappa shape index (κ1) is 23.1. The van der Waals surface area contributed by atoms with Gasteiger partial charge in [0.15, 0.2) is 0 Å². The van der Waals surface area contributed by atoms with E-state index in [1.54, 1.807) is 24.3 Å². The molecule has 0 radical (unpaired) electrons. The van der Waals surface area contributed by atoms with Crippen molar-refractivity contribution in [3.63, 3.8) is 0 Å². The summed E-state index contributed by atoms with van der Waals surface area (Å²) in [5, 5.41) is 13.8. The third-order valence-electron chi connectivity index (χ3n) is 7.11. The number of rotatable bonds is 4. The van der Waals surface area contributed by atoms with Crippen LogP contribution >= 0.6 is 15.9 Å². The molecule has 0 saturated carbocycles. The molecule has 3 amide bonds. The van der Waals surface area contributed by atoms with Gasteiger partial charge in [-0.05, 0) is 48.0 Å². The zero-order valence-corrected chi connectivity index (χ0v) is 20.7. The molecule has 6 rings (SSSR count). The Balaban J connectivity index is 1.40. The fraction of sp³-hybridized carbons (Fsp3) is 0.148.